The number of benzene rings is 1. The van der Waals surface area contributed by atoms with E-state index in [4.69, 9.17) is 4.74 Å². The van der Waals surface area contributed by atoms with E-state index in [1.165, 1.54) is 32.1 Å². The second-order valence-corrected chi connectivity index (χ2v) is 7.33. The normalized spacial score (nSPS) is 11.2. The lowest BCUT2D eigenvalue weighted by Crippen LogP contribution is -2.23. The van der Waals surface area contributed by atoms with Gasteiger partial charge in [0.15, 0.2) is 5.75 Å². The number of fused-ring (bicyclic) bond motifs is 1. The van der Waals surface area contributed by atoms with Gasteiger partial charge in [0.05, 0.1) is 12.1 Å². The highest BCUT2D eigenvalue weighted by molar-refractivity contribution is 5.87. The molecule has 150 valence electrons. The Labute approximate surface area is 163 Å². The van der Waals surface area contributed by atoms with Crippen LogP contribution in [0, 0.1) is 0 Å². The molecule has 0 atom stereocenters. The number of nitrogens with zero attached hydrogens (tertiary/aromatic N) is 1. The lowest BCUT2D eigenvalue weighted by Gasteiger charge is -2.15. The summed E-state index contributed by atoms with van der Waals surface area (Å²) >= 11 is 0. The van der Waals surface area contributed by atoms with Crippen LogP contribution < -0.4 is 10.3 Å². The van der Waals surface area contributed by atoms with E-state index in [-0.39, 0.29) is 17.1 Å². The molecule has 2 rings (SSSR count). The summed E-state index contributed by atoms with van der Waals surface area (Å²) in [5, 5.41) is 11.3. The van der Waals surface area contributed by atoms with Gasteiger partial charge in [-0.1, -0.05) is 77.3 Å². The highest BCUT2D eigenvalue weighted by atomic mass is 16.5. The highest BCUT2D eigenvalue weighted by Gasteiger charge is 2.17. The Bertz CT molecular complexity index is 751. The van der Waals surface area contributed by atoms with Crippen LogP contribution in [0.15, 0.2) is 29.1 Å². The zero-order chi connectivity index (χ0) is 19.5. The molecule has 0 saturated heterocycles. The standard InChI is InChI=1S/C23H35NO3/c1-3-5-7-9-10-14-18-27-22-21(25)19-15-11-12-16-20(19)24(23(22)26)17-13-8-6-4-2/h11-12,15-16,25H,3-10,13-14,17-18H2,1-2H3. The van der Waals surface area contributed by atoms with Gasteiger partial charge in [0.25, 0.3) is 5.56 Å². The third-order valence-electron chi connectivity index (χ3n) is 5.08. The van der Waals surface area contributed by atoms with Crippen molar-refractivity contribution in [1.29, 1.82) is 0 Å². The highest BCUT2D eigenvalue weighted by Crippen LogP contribution is 2.31. The predicted molar refractivity (Wildman–Crippen MR) is 113 cm³/mol. The second-order valence-electron chi connectivity index (χ2n) is 7.33. The molecule has 0 aliphatic carbocycles. The Balaban J connectivity index is 2.11. The molecule has 0 saturated carbocycles. The van der Waals surface area contributed by atoms with Gasteiger partial charge in [-0.05, 0) is 25.0 Å². The third-order valence-corrected chi connectivity index (χ3v) is 5.08. The van der Waals surface area contributed by atoms with Crippen LogP contribution in [0.5, 0.6) is 11.5 Å². The topological polar surface area (TPSA) is 51.5 Å². The van der Waals surface area contributed by atoms with Gasteiger partial charge in [0.1, 0.15) is 0 Å². The van der Waals surface area contributed by atoms with Crippen LogP contribution in [-0.4, -0.2) is 16.3 Å². The maximum Gasteiger partial charge on any atom is 0.297 e. The molecule has 0 radical (unpaired) electrons. The van der Waals surface area contributed by atoms with E-state index >= 15 is 0 Å². The van der Waals surface area contributed by atoms with Crippen molar-refractivity contribution >= 4 is 10.9 Å². The lowest BCUT2D eigenvalue weighted by molar-refractivity contribution is 0.283. The fourth-order valence-corrected chi connectivity index (χ4v) is 3.47. The first-order valence-corrected chi connectivity index (χ1v) is 10.7. The monoisotopic (exact) mass is 373 g/mol. The van der Waals surface area contributed by atoms with E-state index in [9.17, 15) is 9.90 Å². The van der Waals surface area contributed by atoms with Crippen LogP contribution in [0.25, 0.3) is 10.9 Å². The molecule has 1 aromatic carbocycles. The van der Waals surface area contributed by atoms with Crippen LogP contribution in [0.2, 0.25) is 0 Å². The number of hydrogen-bond donors (Lipinski definition) is 1. The zero-order valence-corrected chi connectivity index (χ0v) is 17.0. The number of hydrogen-bond acceptors (Lipinski definition) is 3. The van der Waals surface area contributed by atoms with Gasteiger partial charge >= 0.3 is 0 Å². The Morgan fingerprint density at radius 3 is 2.26 bits per heavy atom. The minimum atomic E-state index is -0.214. The average molecular weight is 374 g/mol. The van der Waals surface area contributed by atoms with E-state index in [1.54, 1.807) is 4.57 Å². The quantitative estimate of drug-likeness (QED) is 0.436. The van der Waals surface area contributed by atoms with Crippen LogP contribution >= 0.6 is 0 Å². The molecule has 0 aliphatic rings. The van der Waals surface area contributed by atoms with E-state index in [1.807, 2.05) is 24.3 Å². The van der Waals surface area contributed by atoms with Gasteiger partial charge in [-0.25, -0.2) is 0 Å². The van der Waals surface area contributed by atoms with Gasteiger partial charge in [-0.15, -0.1) is 0 Å². The maximum absolute atomic E-state index is 13.0. The number of rotatable bonds is 13. The largest absolute Gasteiger partial charge is 0.504 e. The first-order valence-electron chi connectivity index (χ1n) is 10.7. The Morgan fingerprint density at radius 2 is 1.52 bits per heavy atom. The number of aromatic nitrogens is 1. The third kappa shape index (κ3) is 6.02. The Kier molecular flexibility index (Phi) is 9.23. The maximum atomic E-state index is 13.0. The van der Waals surface area contributed by atoms with E-state index in [2.05, 4.69) is 13.8 Å². The van der Waals surface area contributed by atoms with Crippen LogP contribution in [0.3, 0.4) is 0 Å². The van der Waals surface area contributed by atoms with Crippen molar-refractivity contribution in [3.8, 4) is 11.5 Å². The number of para-hydroxylation sites is 1. The van der Waals surface area contributed by atoms with Gasteiger partial charge in [-0.3, -0.25) is 4.79 Å². The van der Waals surface area contributed by atoms with E-state index in [0.29, 0.717) is 18.5 Å². The molecule has 0 unspecified atom stereocenters. The second kappa shape index (κ2) is 11.7. The number of aryl methyl sites for hydroxylation is 1. The van der Waals surface area contributed by atoms with E-state index < -0.39 is 0 Å². The van der Waals surface area contributed by atoms with E-state index in [0.717, 1.165) is 37.6 Å². The molecule has 0 fully saturated rings. The summed E-state index contributed by atoms with van der Waals surface area (Å²) in [4.78, 5) is 13.0. The predicted octanol–water partition coefficient (Wildman–Crippen LogP) is 6.03. The molecule has 4 heteroatoms. The van der Waals surface area contributed by atoms with Crippen molar-refractivity contribution in [3.05, 3.63) is 34.6 Å². The summed E-state index contributed by atoms with van der Waals surface area (Å²) in [6.07, 6.45) is 11.4. The molecule has 1 heterocycles. The molecular weight excluding hydrogens is 338 g/mol. The van der Waals surface area contributed by atoms with Gasteiger partial charge in [-0.2, -0.15) is 0 Å². The fourth-order valence-electron chi connectivity index (χ4n) is 3.47. The smallest absolute Gasteiger partial charge is 0.297 e. The molecule has 2 aromatic rings. The summed E-state index contributed by atoms with van der Waals surface area (Å²) in [7, 11) is 0. The zero-order valence-electron chi connectivity index (χ0n) is 17.0. The van der Waals surface area contributed by atoms with Gasteiger partial charge in [0.2, 0.25) is 5.75 Å². The fraction of sp³-hybridized carbons (Fsp3) is 0.609. The van der Waals surface area contributed by atoms with Crippen LogP contribution in [0.1, 0.15) is 78.1 Å². The van der Waals surface area contributed by atoms with Crippen molar-refractivity contribution in [2.45, 2.75) is 84.6 Å². The van der Waals surface area contributed by atoms with Crippen LogP contribution in [-0.2, 0) is 6.54 Å². The Hall–Kier alpha value is -1.97. The lowest BCUT2D eigenvalue weighted by atomic mass is 10.1. The number of ether oxygens (including phenoxy) is 1. The first kappa shape index (κ1) is 21.3. The molecule has 1 aromatic heterocycles. The summed E-state index contributed by atoms with van der Waals surface area (Å²) in [6, 6.07) is 7.53. The van der Waals surface area contributed by atoms with Crippen LogP contribution in [0.4, 0.5) is 0 Å². The number of pyridine rings is 1. The minimum absolute atomic E-state index is 0.0219. The van der Waals surface area contributed by atoms with Gasteiger partial charge in [0, 0.05) is 11.9 Å². The molecule has 0 amide bonds. The summed E-state index contributed by atoms with van der Waals surface area (Å²) in [5.74, 6) is 0.0872. The summed E-state index contributed by atoms with van der Waals surface area (Å²) in [6.45, 7) is 5.52. The van der Waals surface area contributed by atoms with Gasteiger partial charge < -0.3 is 14.4 Å². The van der Waals surface area contributed by atoms with Crippen molar-refractivity contribution < 1.29 is 9.84 Å². The molecule has 27 heavy (non-hydrogen) atoms. The first-order chi connectivity index (χ1) is 13.2. The summed E-state index contributed by atoms with van der Waals surface area (Å²) < 4.78 is 7.53. The van der Waals surface area contributed by atoms with Crippen molar-refractivity contribution in [3.63, 3.8) is 0 Å². The Morgan fingerprint density at radius 1 is 0.889 bits per heavy atom. The molecule has 0 aliphatic heterocycles. The van der Waals surface area contributed by atoms with Crippen molar-refractivity contribution in [2.24, 2.45) is 0 Å². The number of aromatic hydroxyl groups is 1. The minimum Gasteiger partial charge on any atom is -0.504 e. The van der Waals surface area contributed by atoms with Crippen molar-refractivity contribution in [2.75, 3.05) is 6.61 Å². The number of unbranched alkanes of at least 4 members (excludes halogenated alkanes) is 8. The molecular formula is C23H35NO3. The molecule has 0 bridgehead atoms. The summed E-state index contributed by atoms with van der Waals surface area (Å²) in [5.41, 5.74) is 0.567. The SMILES string of the molecule is CCCCCCCCOc1c(O)c2ccccc2n(CCCCCC)c1=O. The average Bonchev–Trinajstić information content (AvgIpc) is 2.69. The molecule has 0 spiro atoms. The van der Waals surface area contributed by atoms with Crippen molar-refractivity contribution in [1.82, 2.24) is 4.57 Å². The molecule has 4 nitrogen and oxygen atoms in total. The molecule has 1 N–H and O–H groups in total.